The highest BCUT2D eigenvalue weighted by Crippen LogP contribution is 2.30. The van der Waals surface area contributed by atoms with Crippen LogP contribution < -0.4 is 11.1 Å². The number of carbonyl (C=O) groups is 1. The molecule has 168 valence electrons. The minimum Gasteiger partial charge on any atom is -0.383 e. The van der Waals surface area contributed by atoms with E-state index in [4.69, 9.17) is 10.5 Å². The molecule has 32 heavy (non-hydrogen) atoms. The second-order valence-corrected chi connectivity index (χ2v) is 8.63. The molecular formula is C25H29FN4O2. The van der Waals surface area contributed by atoms with Gasteiger partial charge in [0.05, 0.1) is 11.2 Å². The summed E-state index contributed by atoms with van der Waals surface area (Å²) in [5, 5.41) is 3.83. The fourth-order valence-electron chi connectivity index (χ4n) is 4.16. The highest BCUT2D eigenvalue weighted by Gasteiger charge is 2.20. The number of carbonyl (C=O) groups excluding carboxylic acids is 1. The van der Waals surface area contributed by atoms with Gasteiger partial charge in [-0.15, -0.1) is 0 Å². The second kappa shape index (κ2) is 9.61. The lowest BCUT2D eigenvalue weighted by atomic mass is 9.97. The Kier molecular flexibility index (Phi) is 6.65. The second-order valence-electron chi connectivity index (χ2n) is 8.63. The Labute approximate surface area is 187 Å². The highest BCUT2D eigenvalue weighted by molar-refractivity contribution is 5.87. The molecule has 1 fully saturated rings. The Balaban J connectivity index is 1.53. The van der Waals surface area contributed by atoms with Crippen molar-refractivity contribution in [1.82, 2.24) is 15.3 Å². The average molecular weight is 437 g/mol. The number of aryl methyl sites for hydroxylation is 1. The molecule has 3 aromatic rings. The lowest BCUT2D eigenvalue weighted by Gasteiger charge is -2.23. The smallest absolute Gasteiger partial charge is 0.223 e. The van der Waals surface area contributed by atoms with Crippen molar-refractivity contribution < 1.29 is 13.9 Å². The van der Waals surface area contributed by atoms with Crippen molar-refractivity contribution >= 4 is 22.6 Å². The molecule has 6 nitrogen and oxygen atoms in total. The fraction of sp³-hybridized carbons (Fsp3) is 0.400. The van der Waals surface area contributed by atoms with Gasteiger partial charge in [-0.25, -0.2) is 9.37 Å². The van der Waals surface area contributed by atoms with E-state index in [1.54, 1.807) is 12.3 Å². The van der Waals surface area contributed by atoms with Crippen LogP contribution in [0.3, 0.4) is 0 Å². The molecule has 7 heteroatoms. The number of nitrogens with zero attached hydrogens (tertiary/aromatic N) is 2. The Morgan fingerprint density at radius 2 is 2.09 bits per heavy atom. The quantitative estimate of drug-likeness (QED) is 0.608. The Morgan fingerprint density at radius 3 is 2.84 bits per heavy atom. The Bertz CT molecular complexity index is 1130. The molecule has 1 atom stereocenters. The van der Waals surface area contributed by atoms with E-state index in [1.165, 1.54) is 6.07 Å². The van der Waals surface area contributed by atoms with Crippen molar-refractivity contribution in [1.29, 1.82) is 0 Å². The predicted octanol–water partition coefficient (Wildman–Crippen LogP) is 4.05. The van der Waals surface area contributed by atoms with Gasteiger partial charge in [-0.05, 0) is 61.4 Å². The van der Waals surface area contributed by atoms with E-state index < -0.39 is 0 Å². The average Bonchev–Trinajstić information content (AvgIpc) is 2.79. The third-order valence-corrected chi connectivity index (χ3v) is 6.16. The summed E-state index contributed by atoms with van der Waals surface area (Å²) in [7, 11) is 0. The van der Waals surface area contributed by atoms with Crippen molar-refractivity contribution in [2.45, 2.75) is 33.1 Å². The first kappa shape index (κ1) is 22.1. The van der Waals surface area contributed by atoms with E-state index in [0.29, 0.717) is 41.5 Å². The number of aromatic nitrogens is 2. The first-order valence-electron chi connectivity index (χ1n) is 11.1. The van der Waals surface area contributed by atoms with Crippen molar-refractivity contribution in [3.05, 3.63) is 53.5 Å². The van der Waals surface area contributed by atoms with Gasteiger partial charge in [0.25, 0.3) is 0 Å². The van der Waals surface area contributed by atoms with Gasteiger partial charge in [-0.2, -0.15) is 0 Å². The number of rotatable bonds is 6. The summed E-state index contributed by atoms with van der Waals surface area (Å²) >= 11 is 0. The van der Waals surface area contributed by atoms with Crippen molar-refractivity contribution in [2.24, 2.45) is 11.8 Å². The maximum absolute atomic E-state index is 14.8. The minimum atomic E-state index is -0.389. The van der Waals surface area contributed by atoms with E-state index in [1.807, 2.05) is 32.0 Å². The fourth-order valence-corrected chi connectivity index (χ4v) is 4.16. The Morgan fingerprint density at radius 1 is 1.31 bits per heavy atom. The van der Waals surface area contributed by atoms with Crippen LogP contribution >= 0.6 is 0 Å². The van der Waals surface area contributed by atoms with Crippen LogP contribution in [0.2, 0.25) is 0 Å². The number of fused-ring (bicyclic) bond motifs is 1. The molecule has 1 amide bonds. The maximum atomic E-state index is 14.8. The van der Waals surface area contributed by atoms with E-state index in [-0.39, 0.29) is 17.6 Å². The zero-order valence-electron chi connectivity index (χ0n) is 18.5. The molecule has 1 aliphatic heterocycles. The minimum absolute atomic E-state index is 0.0000979. The Hall–Kier alpha value is -3.06. The third kappa shape index (κ3) is 4.88. The normalized spacial score (nSPS) is 15.6. The van der Waals surface area contributed by atoms with Crippen LogP contribution in [-0.4, -0.2) is 35.6 Å². The first-order chi connectivity index (χ1) is 15.4. The van der Waals surface area contributed by atoms with Crippen LogP contribution in [0.1, 0.15) is 30.9 Å². The molecule has 0 spiro atoms. The number of ether oxygens (including phenoxy) is 1. The molecule has 4 rings (SSSR count). The molecule has 3 N–H and O–H groups in total. The van der Waals surface area contributed by atoms with Gasteiger partial charge in [0.2, 0.25) is 5.91 Å². The van der Waals surface area contributed by atoms with Gasteiger partial charge in [0.1, 0.15) is 11.6 Å². The van der Waals surface area contributed by atoms with Gasteiger partial charge in [0.15, 0.2) is 0 Å². The van der Waals surface area contributed by atoms with E-state index >= 15 is 0 Å². The molecule has 1 aliphatic rings. The van der Waals surface area contributed by atoms with Crippen LogP contribution in [0.4, 0.5) is 10.2 Å². The summed E-state index contributed by atoms with van der Waals surface area (Å²) in [5.41, 5.74) is 9.34. The number of nitrogens with one attached hydrogen (secondary N) is 1. The van der Waals surface area contributed by atoms with E-state index in [2.05, 4.69) is 15.3 Å². The summed E-state index contributed by atoms with van der Waals surface area (Å²) in [6.45, 7) is 5.98. The summed E-state index contributed by atoms with van der Waals surface area (Å²) in [4.78, 5) is 21.4. The number of benzene rings is 1. The highest BCUT2D eigenvalue weighted by atomic mass is 19.1. The molecule has 1 aromatic carbocycles. The van der Waals surface area contributed by atoms with Crippen LogP contribution in [0, 0.1) is 24.6 Å². The summed E-state index contributed by atoms with van der Waals surface area (Å²) in [6.07, 6.45) is 4.07. The SMILES string of the molecule is Cc1cccnc1-c1cc2cc(CC(C)C(=O)NCC3CCOCC3)c(N)nc2cc1F. The maximum Gasteiger partial charge on any atom is 0.223 e. The number of anilines is 1. The summed E-state index contributed by atoms with van der Waals surface area (Å²) in [6, 6.07) is 8.78. The van der Waals surface area contributed by atoms with Gasteiger partial charge in [0, 0.05) is 48.9 Å². The number of hydrogen-bond acceptors (Lipinski definition) is 5. The molecule has 3 heterocycles. The van der Waals surface area contributed by atoms with Crippen LogP contribution in [-0.2, 0) is 16.0 Å². The predicted molar refractivity (Wildman–Crippen MR) is 124 cm³/mol. The zero-order valence-corrected chi connectivity index (χ0v) is 18.5. The number of hydrogen-bond donors (Lipinski definition) is 2. The first-order valence-corrected chi connectivity index (χ1v) is 11.1. The number of nitrogen functional groups attached to an aromatic ring is 1. The topological polar surface area (TPSA) is 90.1 Å². The molecule has 0 bridgehead atoms. The van der Waals surface area contributed by atoms with Gasteiger partial charge in [-0.3, -0.25) is 9.78 Å². The van der Waals surface area contributed by atoms with Crippen molar-refractivity contribution in [3.8, 4) is 11.3 Å². The van der Waals surface area contributed by atoms with Crippen LogP contribution in [0.25, 0.3) is 22.2 Å². The molecule has 0 saturated carbocycles. The molecule has 0 radical (unpaired) electrons. The molecule has 1 saturated heterocycles. The standard InChI is InChI=1S/C25H29FN4O2/c1-15-4-3-7-28-23(15)20-12-18-11-19(24(27)30-22(18)13-21(20)26)10-16(2)25(31)29-14-17-5-8-32-9-6-17/h3-4,7,11-13,16-17H,5-6,8-10,14H2,1-2H3,(H2,27,30)(H,29,31). The summed E-state index contributed by atoms with van der Waals surface area (Å²) < 4.78 is 20.2. The van der Waals surface area contributed by atoms with Gasteiger partial charge >= 0.3 is 0 Å². The van der Waals surface area contributed by atoms with Crippen molar-refractivity contribution in [2.75, 3.05) is 25.5 Å². The molecule has 0 aliphatic carbocycles. The van der Waals surface area contributed by atoms with Crippen molar-refractivity contribution in [3.63, 3.8) is 0 Å². The molecule has 2 aromatic heterocycles. The van der Waals surface area contributed by atoms with Crippen LogP contribution in [0.15, 0.2) is 36.5 Å². The number of nitrogens with two attached hydrogens (primary N) is 1. The number of pyridine rings is 2. The number of halogens is 1. The zero-order chi connectivity index (χ0) is 22.7. The van der Waals surface area contributed by atoms with E-state index in [0.717, 1.165) is 42.6 Å². The van der Waals surface area contributed by atoms with E-state index in [9.17, 15) is 9.18 Å². The third-order valence-electron chi connectivity index (χ3n) is 6.16. The molecule has 1 unspecified atom stereocenters. The molecular weight excluding hydrogens is 407 g/mol. The van der Waals surface area contributed by atoms with Gasteiger partial charge in [-0.1, -0.05) is 13.0 Å². The summed E-state index contributed by atoms with van der Waals surface area (Å²) in [5.74, 6) is 0.146. The number of amides is 1. The lowest BCUT2D eigenvalue weighted by molar-refractivity contribution is -0.124. The largest absolute Gasteiger partial charge is 0.383 e. The van der Waals surface area contributed by atoms with Crippen LogP contribution in [0.5, 0.6) is 0 Å². The lowest BCUT2D eigenvalue weighted by Crippen LogP contribution is -2.36. The van der Waals surface area contributed by atoms with Gasteiger partial charge < -0.3 is 15.8 Å². The monoisotopic (exact) mass is 436 g/mol.